The van der Waals surface area contributed by atoms with Crippen molar-refractivity contribution in [2.45, 2.75) is 20.3 Å². The predicted molar refractivity (Wildman–Crippen MR) is 69.1 cm³/mol. The number of aryl methyl sites for hydroxylation is 1. The number of hydrogen-bond donors (Lipinski definition) is 0. The molecule has 0 aliphatic rings. The number of rotatable bonds is 3. The second-order valence-corrected chi connectivity index (χ2v) is 5.04. The Kier molecular flexibility index (Phi) is 3.38. The van der Waals surface area contributed by atoms with Crippen LogP contribution in [0.5, 0.6) is 0 Å². The maximum Gasteiger partial charge on any atom is 0.172 e. The van der Waals surface area contributed by atoms with Gasteiger partial charge in [0.05, 0.1) is 4.88 Å². The molecule has 0 saturated heterocycles. The van der Waals surface area contributed by atoms with Crippen LogP contribution in [-0.2, 0) is 0 Å². The van der Waals surface area contributed by atoms with Gasteiger partial charge in [0.25, 0.3) is 0 Å². The summed E-state index contributed by atoms with van der Waals surface area (Å²) in [7, 11) is 0. The summed E-state index contributed by atoms with van der Waals surface area (Å²) in [5, 5.41) is 0. The SMILES string of the molecule is CCC(=O)c1ccc(-c2cc(C)cc(F)c2)s1. The highest BCUT2D eigenvalue weighted by Crippen LogP contribution is 2.29. The summed E-state index contributed by atoms with van der Waals surface area (Å²) in [4.78, 5) is 13.2. The largest absolute Gasteiger partial charge is 0.293 e. The van der Waals surface area contributed by atoms with E-state index < -0.39 is 0 Å². The fraction of sp³-hybridized carbons (Fsp3) is 0.214. The summed E-state index contributed by atoms with van der Waals surface area (Å²) in [5.74, 6) is -0.105. The first-order valence-corrected chi connectivity index (χ1v) is 6.32. The van der Waals surface area contributed by atoms with E-state index in [4.69, 9.17) is 0 Å². The average molecular weight is 248 g/mol. The lowest BCUT2D eigenvalue weighted by molar-refractivity contribution is 0.0992. The quantitative estimate of drug-likeness (QED) is 0.733. The van der Waals surface area contributed by atoms with Gasteiger partial charge in [-0.05, 0) is 42.3 Å². The molecular weight excluding hydrogens is 235 g/mol. The summed E-state index contributed by atoms with van der Waals surface area (Å²) in [6.45, 7) is 3.70. The summed E-state index contributed by atoms with van der Waals surface area (Å²) < 4.78 is 13.3. The lowest BCUT2D eigenvalue weighted by Crippen LogP contribution is -1.90. The van der Waals surface area contributed by atoms with Crippen molar-refractivity contribution in [1.29, 1.82) is 0 Å². The molecule has 2 rings (SSSR count). The van der Waals surface area contributed by atoms with Crippen LogP contribution >= 0.6 is 11.3 Å². The molecule has 0 N–H and O–H groups in total. The van der Waals surface area contributed by atoms with Gasteiger partial charge in [-0.3, -0.25) is 4.79 Å². The maximum atomic E-state index is 13.3. The van der Waals surface area contributed by atoms with Crippen LogP contribution in [-0.4, -0.2) is 5.78 Å². The predicted octanol–water partition coefficient (Wildman–Crippen LogP) is 4.46. The van der Waals surface area contributed by atoms with Crippen molar-refractivity contribution in [3.63, 3.8) is 0 Å². The molecule has 1 aromatic carbocycles. The third kappa shape index (κ3) is 2.61. The van der Waals surface area contributed by atoms with Gasteiger partial charge in [-0.2, -0.15) is 0 Å². The van der Waals surface area contributed by atoms with Gasteiger partial charge in [0, 0.05) is 11.3 Å². The van der Waals surface area contributed by atoms with Gasteiger partial charge in [-0.25, -0.2) is 4.39 Å². The Morgan fingerprint density at radius 2 is 2.06 bits per heavy atom. The van der Waals surface area contributed by atoms with Gasteiger partial charge < -0.3 is 0 Å². The Hall–Kier alpha value is -1.48. The van der Waals surface area contributed by atoms with Crippen molar-refractivity contribution in [1.82, 2.24) is 0 Å². The standard InChI is InChI=1S/C14H13FOS/c1-3-12(16)14-5-4-13(17-14)10-6-9(2)7-11(15)8-10/h4-8H,3H2,1-2H3. The number of ketones is 1. The topological polar surface area (TPSA) is 17.1 Å². The minimum Gasteiger partial charge on any atom is -0.293 e. The molecule has 0 fully saturated rings. The van der Waals surface area contributed by atoms with Crippen molar-refractivity contribution in [3.05, 3.63) is 46.6 Å². The summed E-state index contributed by atoms with van der Waals surface area (Å²) in [6, 6.07) is 8.61. The fourth-order valence-electron chi connectivity index (χ4n) is 1.70. The number of carbonyl (C=O) groups is 1. The minimum absolute atomic E-state index is 0.134. The van der Waals surface area contributed by atoms with E-state index in [9.17, 15) is 9.18 Å². The van der Waals surface area contributed by atoms with E-state index in [1.165, 1.54) is 23.5 Å². The number of halogens is 1. The van der Waals surface area contributed by atoms with Crippen LogP contribution < -0.4 is 0 Å². The molecule has 3 heteroatoms. The van der Waals surface area contributed by atoms with Gasteiger partial charge in [-0.15, -0.1) is 11.3 Å². The second kappa shape index (κ2) is 4.80. The van der Waals surface area contributed by atoms with Crippen molar-refractivity contribution in [3.8, 4) is 10.4 Å². The smallest absolute Gasteiger partial charge is 0.172 e. The van der Waals surface area contributed by atoms with Crippen molar-refractivity contribution < 1.29 is 9.18 Å². The van der Waals surface area contributed by atoms with Crippen LogP contribution in [0.2, 0.25) is 0 Å². The molecule has 0 amide bonds. The van der Waals surface area contributed by atoms with Crippen LogP contribution in [0.1, 0.15) is 28.6 Å². The highest BCUT2D eigenvalue weighted by atomic mass is 32.1. The summed E-state index contributed by atoms with van der Waals surface area (Å²) in [6.07, 6.45) is 0.502. The van der Waals surface area contributed by atoms with Gasteiger partial charge in [0.2, 0.25) is 0 Å². The molecular formula is C14H13FOS. The van der Waals surface area contributed by atoms with Gasteiger partial charge in [-0.1, -0.05) is 13.0 Å². The lowest BCUT2D eigenvalue weighted by Gasteiger charge is -2.00. The molecule has 0 spiro atoms. The third-order valence-electron chi connectivity index (χ3n) is 2.53. The van der Waals surface area contributed by atoms with E-state index in [0.29, 0.717) is 6.42 Å². The molecule has 2 aromatic rings. The Morgan fingerprint density at radius 1 is 1.29 bits per heavy atom. The Balaban J connectivity index is 2.40. The molecule has 0 saturated carbocycles. The molecule has 0 atom stereocenters. The second-order valence-electron chi connectivity index (χ2n) is 3.96. The first kappa shape index (κ1) is 12.0. The Bertz CT molecular complexity index is 537. The Labute approximate surface area is 104 Å². The van der Waals surface area contributed by atoms with Gasteiger partial charge in [0.15, 0.2) is 5.78 Å². The van der Waals surface area contributed by atoms with E-state index in [1.54, 1.807) is 0 Å². The zero-order chi connectivity index (χ0) is 12.4. The normalized spacial score (nSPS) is 10.5. The number of benzene rings is 1. The molecule has 1 aromatic heterocycles. The molecule has 1 heterocycles. The van der Waals surface area contributed by atoms with E-state index in [2.05, 4.69) is 0 Å². The van der Waals surface area contributed by atoms with Crippen molar-refractivity contribution >= 4 is 17.1 Å². The van der Waals surface area contributed by atoms with E-state index in [-0.39, 0.29) is 11.6 Å². The number of Topliss-reactive ketones (excluding diaryl/α,β-unsaturated/α-hetero) is 1. The van der Waals surface area contributed by atoms with Crippen LogP contribution in [0.25, 0.3) is 10.4 Å². The summed E-state index contributed by atoms with van der Waals surface area (Å²) >= 11 is 1.42. The average Bonchev–Trinajstić information content (AvgIpc) is 2.76. The van der Waals surface area contributed by atoms with Gasteiger partial charge in [0.1, 0.15) is 5.82 Å². The number of thiophene rings is 1. The number of carbonyl (C=O) groups excluding carboxylic acids is 1. The van der Waals surface area contributed by atoms with Crippen LogP contribution in [0.4, 0.5) is 4.39 Å². The highest BCUT2D eigenvalue weighted by Gasteiger charge is 2.09. The third-order valence-corrected chi connectivity index (χ3v) is 3.70. The molecule has 1 nitrogen and oxygen atoms in total. The molecule has 0 aliphatic carbocycles. The fourth-order valence-corrected chi connectivity index (χ4v) is 2.70. The van der Waals surface area contributed by atoms with Crippen LogP contribution in [0.3, 0.4) is 0 Å². The van der Waals surface area contributed by atoms with Gasteiger partial charge >= 0.3 is 0 Å². The molecule has 0 radical (unpaired) electrons. The molecule has 17 heavy (non-hydrogen) atoms. The zero-order valence-corrected chi connectivity index (χ0v) is 10.6. The van der Waals surface area contributed by atoms with Crippen molar-refractivity contribution in [2.75, 3.05) is 0 Å². The molecule has 0 bridgehead atoms. The number of hydrogen-bond acceptors (Lipinski definition) is 2. The van der Waals surface area contributed by atoms with Crippen molar-refractivity contribution in [2.24, 2.45) is 0 Å². The lowest BCUT2D eigenvalue weighted by atomic mass is 10.1. The first-order chi connectivity index (χ1) is 8.10. The van der Waals surface area contributed by atoms with E-state index in [1.807, 2.05) is 32.0 Å². The zero-order valence-electron chi connectivity index (χ0n) is 9.79. The highest BCUT2D eigenvalue weighted by molar-refractivity contribution is 7.17. The van der Waals surface area contributed by atoms with Crippen LogP contribution in [0, 0.1) is 12.7 Å². The van der Waals surface area contributed by atoms with Crippen LogP contribution in [0.15, 0.2) is 30.3 Å². The summed E-state index contributed by atoms with van der Waals surface area (Å²) in [5.41, 5.74) is 1.72. The molecule has 88 valence electrons. The molecule has 0 unspecified atom stereocenters. The Morgan fingerprint density at radius 3 is 2.71 bits per heavy atom. The minimum atomic E-state index is -0.239. The van der Waals surface area contributed by atoms with E-state index in [0.717, 1.165) is 20.9 Å². The maximum absolute atomic E-state index is 13.3. The molecule has 0 aliphatic heterocycles. The monoisotopic (exact) mass is 248 g/mol. The van der Waals surface area contributed by atoms with E-state index >= 15 is 0 Å². The first-order valence-electron chi connectivity index (χ1n) is 5.50.